The van der Waals surface area contributed by atoms with Gasteiger partial charge in [0, 0.05) is 44.8 Å². The van der Waals surface area contributed by atoms with E-state index >= 15 is 0 Å². The van der Waals surface area contributed by atoms with Crippen LogP contribution in [0.5, 0.6) is 0 Å². The molecule has 0 bridgehead atoms. The molecule has 3 rings (SSSR count). The van der Waals surface area contributed by atoms with Crippen LogP contribution in [0.25, 0.3) is 0 Å². The average molecular weight is 276 g/mol. The van der Waals surface area contributed by atoms with E-state index in [4.69, 9.17) is 0 Å². The van der Waals surface area contributed by atoms with Crippen molar-refractivity contribution in [3.63, 3.8) is 0 Å². The first-order valence-corrected chi connectivity index (χ1v) is 7.84. The Kier molecular flexibility index (Phi) is 4.35. The second-order valence-corrected chi connectivity index (χ2v) is 5.89. The van der Waals surface area contributed by atoms with Crippen molar-refractivity contribution in [1.29, 1.82) is 0 Å². The molecule has 1 saturated carbocycles. The van der Waals surface area contributed by atoms with E-state index in [-0.39, 0.29) is 0 Å². The van der Waals surface area contributed by atoms with Crippen molar-refractivity contribution in [1.82, 2.24) is 19.8 Å². The van der Waals surface area contributed by atoms with Gasteiger partial charge in [0.25, 0.3) is 0 Å². The van der Waals surface area contributed by atoms with Gasteiger partial charge in [-0.05, 0) is 32.1 Å². The highest BCUT2D eigenvalue weighted by Gasteiger charge is 2.24. The summed E-state index contributed by atoms with van der Waals surface area (Å²) in [6, 6.07) is 0.671. The van der Waals surface area contributed by atoms with Crippen LogP contribution >= 0.6 is 0 Å². The van der Waals surface area contributed by atoms with E-state index in [2.05, 4.69) is 14.9 Å². The van der Waals surface area contributed by atoms with Gasteiger partial charge in [-0.25, -0.2) is 4.98 Å². The summed E-state index contributed by atoms with van der Waals surface area (Å²) < 4.78 is 2.26. The molecule has 1 aliphatic carbocycles. The van der Waals surface area contributed by atoms with Crippen molar-refractivity contribution >= 4 is 5.91 Å². The molecule has 1 N–H and O–H groups in total. The van der Waals surface area contributed by atoms with Gasteiger partial charge in [0.1, 0.15) is 0 Å². The van der Waals surface area contributed by atoms with Crippen LogP contribution in [0.4, 0.5) is 0 Å². The maximum atomic E-state index is 12.0. The number of amides is 1. The third kappa shape index (κ3) is 3.39. The highest BCUT2D eigenvalue weighted by molar-refractivity contribution is 5.76. The monoisotopic (exact) mass is 276 g/mol. The lowest BCUT2D eigenvalue weighted by Crippen LogP contribution is -2.37. The number of hydrogen-bond donors (Lipinski definition) is 1. The molecule has 0 aromatic carbocycles. The Hall–Kier alpha value is -1.36. The number of carbonyl (C=O) groups is 1. The quantitative estimate of drug-likeness (QED) is 0.805. The number of imidazole rings is 1. The Balaban J connectivity index is 1.37. The molecular weight excluding hydrogens is 252 g/mol. The largest absolute Gasteiger partial charge is 0.343 e. The van der Waals surface area contributed by atoms with Gasteiger partial charge in [0.2, 0.25) is 5.91 Å². The number of hydrogen-bond acceptors (Lipinski definition) is 3. The van der Waals surface area contributed by atoms with E-state index in [1.54, 1.807) is 0 Å². The second-order valence-electron chi connectivity index (χ2n) is 5.89. The molecule has 20 heavy (non-hydrogen) atoms. The van der Waals surface area contributed by atoms with Crippen molar-refractivity contribution in [3.05, 3.63) is 18.2 Å². The fourth-order valence-corrected chi connectivity index (χ4v) is 2.86. The van der Waals surface area contributed by atoms with Crippen LogP contribution in [0.1, 0.15) is 50.3 Å². The lowest BCUT2D eigenvalue weighted by atomic mass is 10.1. The molecule has 1 amide bonds. The van der Waals surface area contributed by atoms with Crippen molar-refractivity contribution in [2.75, 3.05) is 19.6 Å². The summed E-state index contributed by atoms with van der Waals surface area (Å²) in [4.78, 5) is 18.2. The van der Waals surface area contributed by atoms with Crippen LogP contribution < -0.4 is 5.32 Å². The Bertz CT molecular complexity index is 446. The molecule has 5 nitrogen and oxygen atoms in total. The van der Waals surface area contributed by atoms with E-state index in [9.17, 15) is 4.79 Å². The van der Waals surface area contributed by atoms with Crippen LogP contribution in [0.15, 0.2) is 12.5 Å². The summed E-state index contributed by atoms with van der Waals surface area (Å²) in [6.07, 6.45) is 10.6. The van der Waals surface area contributed by atoms with Crippen molar-refractivity contribution in [2.45, 2.75) is 51.1 Å². The number of carbonyl (C=O) groups excluding carboxylic acids is 1. The molecule has 0 radical (unpaired) electrons. The maximum Gasteiger partial charge on any atom is 0.223 e. The molecule has 1 saturated heterocycles. The standard InChI is InChI=1S/C15H24N4O/c20-15(18-8-2-1-3-9-18)6-7-16-10-14-11-17-12-19(14)13-4-5-13/h11-13,16H,1-10H2. The zero-order valence-corrected chi connectivity index (χ0v) is 12.1. The molecule has 1 aromatic rings. The molecule has 0 atom stereocenters. The predicted molar refractivity (Wildman–Crippen MR) is 77.3 cm³/mol. The van der Waals surface area contributed by atoms with Gasteiger partial charge < -0.3 is 14.8 Å². The van der Waals surface area contributed by atoms with E-state index in [1.165, 1.54) is 37.8 Å². The van der Waals surface area contributed by atoms with Gasteiger partial charge in [-0.15, -0.1) is 0 Å². The zero-order valence-electron chi connectivity index (χ0n) is 12.1. The average Bonchev–Trinajstić information content (AvgIpc) is 3.23. The lowest BCUT2D eigenvalue weighted by molar-refractivity contribution is -0.131. The van der Waals surface area contributed by atoms with Gasteiger partial charge >= 0.3 is 0 Å². The van der Waals surface area contributed by atoms with Gasteiger partial charge in [0.15, 0.2) is 0 Å². The topological polar surface area (TPSA) is 50.2 Å². The number of aromatic nitrogens is 2. The third-order valence-corrected chi connectivity index (χ3v) is 4.22. The minimum absolute atomic E-state index is 0.299. The minimum atomic E-state index is 0.299. The van der Waals surface area contributed by atoms with Gasteiger partial charge in [0.05, 0.1) is 12.0 Å². The van der Waals surface area contributed by atoms with Crippen molar-refractivity contribution in [3.8, 4) is 0 Å². The summed E-state index contributed by atoms with van der Waals surface area (Å²) in [7, 11) is 0. The first kappa shape index (κ1) is 13.6. The summed E-state index contributed by atoms with van der Waals surface area (Å²) in [5.41, 5.74) is 1.23. The zero-order chi connectivity index (χ0) is 13.8. The van der Waals surface area contributed by atoms with Gasteiger partial charge in [-0.3, -0.25) is 4.79 Å². The Morgan fingerprint density at radius 3 is 2.85 bits per heavy atom. The van der Waals surface area contributed by atoms with Crippen LogP contribution in [0.2, 0.25) is 0 Å². The molecule has 2 fully saturated rings. The molecule has 5 heteroatoms. The van der Waals surface area contributed by atoms with E-state index in [0.717, 1.165) is 26.2 Å². The predicted octanol–water partition coefficient (Wildman–Crippen LogP) is 1.71. The Labute approximate surface area is 120 Å². The smallest absolute Gasteiger partial charge is 0.223 e. The number of likely N-dealkylation sites (tertiary alicyclic amines) is 1. The van der Waals surface area contributed by atoms with E-state index < -0.39 is 0 Å². The first-order chi connectivity index (χ1) is 9.84. The highest BCUT2D eigenvalue weighted by atomic mass is 16.2. The SMILES string of the molecule is O=C(CCNCc1cncn1C1CC1)N1CCCCC1. The molecule has 1 aromatic heterocycles. The van der Waals surface area contributed by atoms with Crippen molar-refractivity contribution in [2.24, 2.45) is 0 Å². The summed E-state index contributed by atoms with van der Waals surface area (Å²) in [5, 5.41) is 3.37. The van der Waals surface area contributed by atoms with Crippen molar-refractivity contribution < 1.29 is 4.79 Å². The van der Waals surface area contributed by atoms with E-state index in [0.29, 0.717) is 18.4 Å². The molecule has 1 aliphatic heterocycles. The fraction of sp³-hybridized carbons (Fsp3) is 0.733. The molecular formula is C15H24N4O. The first-order valence-electron chi connectivity index (χ1n) is 7.84. The number of rotatable bonds is 6. The maximum absolute atomic E-state index is 12.0. The Morgan fingerprint density at radius 1 is 1.30 bits per heavy atom. The van der Waals surface area contributed by atoms with Crippen LogP contribution in [-0.2, 0) is 11.3 Å². The van der Waals surface area contributed by atoms with Crippen LogP contribution in [-0.4, -0.2) is 40.0 Å². The number of nitrogens with one attached hydrogen (secondary N) is 1. The second kappa shape index (κ2) is 6.39. The molecule has 0 spiro atoms. The normalized spacial score (nSPS) is 19.3. The van der Waals surface area contributed by atoms with Gasteiger partial charge in [-0.1, -0.05) is 0 Å². The fourth-order valence-electron chi connectivity index (χ4n) is 2.86. The Morgan fingerprint density at radius 2 is 2.10 bits per heavy atom. The molecule has 2 heterocycles. The summed E-state index contributed by atoms with van der Waals surface area (Å²) >= 11 is 0. The molecule has 0 unspecified atom stereocenters. The van der Waals surface area contributed by atoms with Gasteiger partial charge in [-0.2, -0.15) is 0 Å². The molecule has 110 valence electrons. The third-order valence-electron chi connectivity index (χ3n) is 4.22. The molecule has 2 aliphatic rings. The summed E-state index contributed by atoms with van der Waals surface area (Å²) in [5.74, 6) is 0.299. The minimum Gasteiger partial charge on any atom is -0.343 e. The lowest BCUT2D eigenvalue weighted by Gasteiger charge is -2.26. The number of piperidine rings is 1. The van der Waals surface area contributed by atoms with Crippen LogP contribution in [0, 0.1) is 0 Å². The summed E-state index contributed by atoms with van der Waals surface area (Å²) in [6.45, 7) is 3.47. The van der Waals surface area contributed by atoms with Crippen LogP contribution in [0.3, 0.4) is 0 Å². The highest BCUT2D eigenvalue weighted by Crippen LogP contribution is 2.35. The van der Waals surface area contributed by atoms with E-state index in [1.807, 2.05) is 17.4 Å². The number of nitrogens with zero attached hydrogens (tertiary/aromatic N) is 3.